The van der Waals surface area contributed by atoms with Gasteiger partial charge in [0.25, 0.3) is 0 Å². The number of hydrogen-bond donors (Lipinski definition) is 1. The number of aromatic nitrogens is 1. The number of pyridine rings is 1. The van der Waals surface area contributed by atoms with Gasteiger partial charge in [0.15, 0.2) is 0 Å². The zero-order valence-corrected chi connectivity index (χ0v) is 9.96. The van der Waals surface area contributed by atoms with E-state index in [1.165, 1.54) is 11.3 Å². The van der Waals surface area contributed by atoms with Crippen molar-refractivity contribution in [3.05, 3.63) is 28.0 Å². The molecule has 0 aromatic carbocycles. The fraction of sp³-hybridized carbons (Fsp3) is 0.545. The van der Waals surface area contributed by atoms with Gasteiger partial charge in [-0.25, -0.2) is 0 Å². The second-order valence-electron chi connectivity index (χ2n) is 4.08. The van der Waals surface area contributed by atoms with Gasteiger partial charge in [0.1, 0.15) is 0 Å². The first kappa shape index (κ1) is 9.75. The standard InChI is InChI=1S/C11H13BrN2O/c12-7-5-8-9(14-6-7)1-2-10-11(8)15-4-3-13-10/h5-6,10-11,13H,1-4H2. The van der Waals surface area contributed by atoms with Crippen LogP contribution >= 0.6 is 15.9 Å². The fourth-order valence-electron chi connectivity index (χ4n) is 2.44. The normalized spacial score (nSPS) is 29.4. The third kappa shape index (κ3) is 1.71. The molecule has 0 amide bonds. The van der Waals surface area contributed by atoms with Gasteiger partial charge in [-0.3, -0.25) is 4.98 Å². The number of halogens is 1. The Balaban J connectivity index is 2.01. The summed E-state index contributed by atoms with van der Waals surface area (Å²) in [5, 5.41) is 3.51. The van der Waals surface area contributed by atoms with Gasteiger partial charge in [0.05, 0.1) is 12.7 Å². The average molecular weight is 269 g/mol. The molecule has 1 N–H and O–H groups in total. The van der Waals surface area contributed by atoms with E-state index >= 15 is 0 Å². The SMILES string of the molecule is Brc1cnc2c(c1)C1OCCNC1CC2. The Hall–Kier alpha value is -0.450. The van der Waals surface area contributed by atoms with Crippen LogP contribution in [0.4, 0.5) is 0 Å². The van der Waals surface area contributed by atoms with E-state index in [1.54, 1.807) is 0 Å². The molecule has 3 nitrogen and oxygen atoms in total. The van der Waals surface area contributed by atoms with Gasteiger partial charge in [-0.2, -0.15) is 0 Å². The molecule has 0 saturated carbocycles. The minimum Gasteiger partial charge on any atom is -0.371 e. The van der Waals surface area contributed by atoms with Gasteiger partial charge < -0.3 is 10.1 Å². The largest absolute Gasteiger partial charge is 0.371 e. The molecule has 0 bridgehead atoms. The third-order valence-corrected chi connectivity index (χ3v) is 3.57. The van der Waals surface area contributed by atoms with E-state index in [1.807, 2.05) is 6.20 Å². The van der Waals surface area contributed by atoms with Gasteiger partial charge in [-0.1, -0.05) is 0 Å². The van der Waals surface area contributed by atoms with Gasteiger partial charge in [0, 0.05) is 34.5 Å². The lowest BCUT2D eigenvalue weighted by atomic mass is 9.88. The van der Waals surface area contributed by atoms with E-state index in [-0.39, 0.29) is 6.10 Å². The molecule has 15 heavy (non-hydrogen) atoms. The van der Waals surface area contributed by atoms with Crippen LogP contribution in [0.1, 0.15) is 23.8 Å². The fourth-order valence-corrected chi connectivity index (χ4v) is 2.79. The van der Waals surface area contributed by atoms with Crippen LogP contribution in [0.15, 0.2) is 16.7 Å². The predicted molar refractivity (Wildman–Crippen MR) is 60.7 cm³/mol. The quantitative estimate of drug-likeness (QED) is 0.780. The maximum Gasteiger partial charge on any atom is 0.0996 e. The number of fused-ring (bicyclic) bond motifs is 3. The van der Waals surface area contributed by atoms with Crippen LogP contribution in [0, 0.1) is 0 Å². The Morgan fingerprint density at radius 1 is 1.53 bits per heavy atom. The maximum atomic E-state index is 5.84. The average Bonchev–Trinajstić information content (AvgIpc) is 2.29. The molecule has 1 saturated heterocycles. The first-order valence-electron chi connectivity index (χ1n) is 5.34. The summed E-state index contributed by atoms with van der Waals surface area (Å²) in [4.78, 5) is 4.46. The van der Waals surface area contributed by atoms with Crippen molar-refractivity contribution in [3.8, 4) is 0 Å². The smallest absolute Gasteiger partial charge is 0.0996 e. The van der Waals surface area contributed by atoms with Gasteiger partial charge >= 0.3 is 0 Å². The number of nitrogens with one attached hydrogen (secondary N) is 1. The highest BCUT2D eigenvalue weighted by Gasteiger charge is 2.33. The first-order valence-corrected chi connectivity index (χ1v) is 6.13. The number of morpholine rings is 1. The highest BCUT2D eigenvalue weighted by molar-refractivity contribution is 9.10. The molecule has 80 valence electrons. The van der Waals surface area contributed by atoms with Crippen LogP contribution in [0.3, 0.4) is 0 Å². The van der Waals surface area contributed by atoms with Crippen molar-refractivity contribution in [1.29, 1.82) is 0 Å². The molecule has 1 aliphatic carbocycles. The molecule has 2 atom stereocenters. The summed E-state index contributed by atoms with van der Waals surface area (Å²) in [7, 11) is 0. The Morgan fingerprint density at radius 2 is 2.47 bits per heavy atom. The molecule has 1 aromatic heterocycles. The Bertz CT molecular complexity index is 383. The van der Waals surface area contributed by atoms with Crippen molar-refractivity contribution in [3.63, 3.8) is 0 Å². The third-order valence-electron chi connectivity index (χ3n) is 3.14. The summed E-state index contributed by atoms with van der Waals surface area (Å²) < 4.78 is 6.88. The maximum absolute atomic E-state index is 5.84. The Labute approximate surface area is 97.4 Å². The predicted octanol–water partition coefficient (Wildman–Crippen LogP) is 1.82. The van der Waals surface area contributed by atoms with Gasteiger partial charge in [-0.05, 0) is 34.8 Å². The summed E-state index contributed by atoms with van der Waals surface area (Å²) in [5.41, 5.74) is 2.45. The monoisotopic (exact) mass is 268 g/mol. The van der Waals surface area contributed by atoms with E-state index in [2.05, 4.69) is 32.3 Å². The van der Waals surface area contributed by atoms with Crippen LogP contribution in [0.5, 0.6) is 0 Å². The van der Waals surface area contributed by atoms with E-state index in [0.717, 1.165) is 30.5 Å². The highest BCUT2D eigenvalue weighted by atomic mass is 79.9. The summed E-state index contributed by atoms with van der Waals surface area (Å²) in [6.45, 7) is 1.77. The highest BCUT2D eigenvalue weighted by Crippen LogP contribution is 2.34. The molecule has 2 aliphatic rings. The summed E-state index contributed by atoms with van der Waals surface area (Å²) in [6.07, 6.45) is 4.26. The zero-order chi connectivity index (χ0) is 10.3. The van der Waals surface area contributed by atoms with Crippen molar-refractivity contribution < 1.29 is 4.74 Å². The van der Waals surface area contributed by atoms with E-state index in [0.29, 0.717) is 6.04 Å². The van der Waals surface area contributed by atoms with E-state index in [4.69, 9.17) is 4.74 Å². The molecule has 2 unspecified atom stereocenters. The summed E-state index contributed by atoms with van der Waals surface area (Å²) in [5.74, 6) is 0. The van der Waals surface area contributed by atoms with E-state index < -0.39 is 0 Å². The minimum absolute atomic E-state index is 0.201. The summed E-state index contributed by atoms with van der Waals surface area (Å²) >= 11 is 3.47. The number of rotatable bonds is 0. The van der Waals surface area contributed by atoms with Crippen molar-refractivity contribution in [2.24, 2.45) is 0 Å². The zero-order valence-electron chi connectivity index (χ0n) is 8.37. The van der Waals surface area contributed by atoms with Crippen molar-refractivity contribution >= 4 is 15.9 Å². The Kier molecular flexibility index (Phi) is 2.50. The minimum atomic E-state index is 0.201. The first-order chi connectivity index (χ1) is 7.34. The van der Waals surface area contributed by atoms with Crippen molar-refractivity contribution in [2.45, 2.75) is 25.0 Å². The van der Waals surface area contributed by atoms with Crippen LogP contribution < -0.4 is 5.32 Å². The summed E-state index contributed by atoms with van der Waals surface area (Å²) in [6, 6.07) is 2.62. The second-order valence-corrected chi connectivity index (χ2v) is 5.00. The molecule has 1 fully saturated rings. The van der Waals surface area contributed by atoms with Crippen LogP contribution in [-0.4, -0.2) is 24.2 Å². The van der Waals surface area contributed by atoms with Crippen LogP contribution in [0.2, 0.25) is 0 Å². The van der Waals surface area contributed by atoms with Gasteiger partial charge in [0.2, 0.25) is 0 Å². The lowest BCUT2D eigenvalue weighted by molar-refractivity contribution is -0.0132. The topological polar surface area (TPSA) is 34.1 Å². The van der Waals surface area contributed by atoms with Crippen molar-refractivity contribution in [2.75, 3.05) is 13.2 Å². The lowest BCUT2D eigenvalue weighted by Gasteiger charge is -2.37. The number of ether oxygens (including phenoxy) is 1. The molecular formula is C11H13BrN2O. The molecule has 1 aromatic rings. The van der Waals surface area contributed by atoms with Crippen LogP contribution in [-0.2, 0) is 11.2 Å². The Morgan fingerprint density at radius 3 is 3.40 bits per heavy atom. The van der Waals surface area contributed by atoms with Gasteiger partial charge in [-0.15, -0.1) is 0 Å². The number of nitrogens with zero attached hydrogens (tertiary/aromatic N) is 1. The second kappa shape index (κ2) is 3.85. The van der Waals surface area contributed by atoms with E-state index in [9.17, 15) is 0 Å². The molecule has 0 radical (unpaired) electrons. The molecule has 1 aliphatic heterocycles. The van der Waals surface area contributed by atoms with Crippen LogP contribution in [0.25, 0.3) is 0 Å². The number of aryl methyl sites for hydroxylation is 1. The lowest BCUT2D eigenvalue weighted by Crippen LogP contribution is -2.46. The molecule has 2 heterocycles. The molecule has 4 heteroatoms. The molecular weight excluding hydrogens is 256 g/mol. The van der Waals surface area contributed by atoms with Crippen molar-refractivity contribution in [1.82, 2.24) is 10.3 Å². The number of hydrogen-bond acceptors (Lipinski definition) is 3. The molecule has 3 rings (SSSR count). The molecule has 0 spiro atoms.